The van der Waals surface area contributed by atoms with Crippen LogP contribution in [0.2, 0.25) is 0 Å². The van der Waals surface area contributed by atoms with E-state index in [2.05, 4.69) is 10.3 Å². The first-order valence-corrected chi connectivity index (χ1v) is 6.80. The molecule has 0 radical (unpaired) electrons. The van der Waals surface area contributed by atoms with Gasteiger partial charge in [-0.05, 0) is 31.9 Å². The molecule has 1 aromatic rings. The second kappa shape index (κ2) is 6.59. The molecule has 0 amide bonds. The minimum atomic E-state index is 0.245. The smallest absolute Gasteiger partial charge is 0.168 e. The van der Waals surface area contributed by atoms with Crippen molar-refractivity contribution >= 4 is 5.82 Å². The zero-order valence-corrected chi connectivity index (χ0v) is 10.9. The molecule has 18 heavy (non-hydrogen) atoms. The van der Waals surface area contributed by atoms with Gasteiger partial charge in [-0.1, -0.05) is 12.8 Å². The zero-order valence-electron chi connectivity index (χ0n) is 10.9. The van der Waals surface area contributed by atoms with E-state index in [0.717, 1.165) is 24.4 Å². The molecular weight excluding hydrogens is 228 g/mol. The Labute approximate surface area is 108 Å². The standard InChI is InChI=1S/C14H22N2O2/c1-2-18-13-8-5-9-15-14(13)16-12-7-4-3-6-11(12)10-17/h5,8-9,11-12,17H,2-4,6-7,10H2,1H3,(H,15,16). The summed E-state index contributed by atoms with van der Waals surface area (Å²) in [5.41, 5.74) is 0. The van der Waals surface area contributed by atoms with Gasteiger partial charge in [0.25, 0.3) is 0 Å². The predicted molar refractivity (Wildman–Crippen MR) is 71.9 cm³/mol. The highest BCUT2D eigenvalue weighted by molar-refractivity contribution is 5.50. The Balaban J connectivity index is 2.07. The lowest BCUT2D eigenvalue weighted by molar-refractivity contribution is 0.177. The molecular formula is C14H22N2O2. The fraction of sp³-hybridized carbons (Fsp3) is 0.643. The SMILES string of the molecule is CCOc1cccnc1NC1CCCCC1CO. The van der Waals surface area contributed by atoms with Gasteiger partial charge in [0.15, 0.2) is 11.6 Å². The molecule has 0 saturated heterocycles. The van der Waals surface area contributed by atoms with Gasteiger partial charge in [0.05, 0.1) is 6.61 Å². The van der Waals surface area contributed by atoms with Crippen LogP contribution < -0.4 is 10.1 Å². The summed E-state index contributed by atoms with van der Waals surface area (Å²) in [5.74, 6) is 1.92. The largest absolute Gasteiger partial charge is 0.490 e. The Bertz CT molecular complexity index is 371. The van der Waals surface area contributed by atoms with E-state index in [4.69, 9.17) is 4.74 Å². The monoisotopic (exact) mass is 250 g/mol. The number of hydrogen-bond acceptors (Lipinski definition) is 4. The number of aliphatic hydroxyl groups excluding tert-OH is 1. The summed E-state index contributed by atoms with van der Waals surface area (Å²) in [6.45, 7) is 2.84. The van der Waals surface area contributed by atoms with E-state index < -0.39 is 0 Å². The van der Waals surface area contributed by atoms with Crippen LogP contribution in [0.5, 0.6) is 5.75 Å². The molecule has 2 rings (SSSR count). The van der Waals surface area contributed by atoms with Gasteiger partial charge in [-0.25, -0.2) is 4.98 Å². The number of aliphatic hydroxyl groups is 1. The molecule has 1 heterocycles. The molecule has 0 aromatic carbocycles. The third kappa shape index (κ3) is 3.13. The molecule has 2 N–H and O–H groups in total. The first kappa shape index (κ1) is 13.1. The highest BCUT2D eigenvalue weighted by Gasteiger charge is 2.25. The quantitative estimate of drug-likeness (QED) is 0.842. The van der Waals surface area contributed by atoms with Crippen molar-refractivity contribution in [2.75, 3.05) is 18.5 Å². The molecule has 4 nitrogen and oxygen atoms in total. The Hall–Kier alpha value is -1.29. The molecule has 0 spiro atoms. The second-order valence-electron chi connectivity index (χ2n) is 4.76. The minimum Gasteiger partial charge on any atom is -0.490 e. The number of nitrogens with one attached hydrogen (secondary N) is 1. The van der Waals surface area contributed by atoms with Gasteiger partial charge in [0.1, 0.15) is 0 Å². The van der Waals surface area contributed by atoms with Crippen LogP contribution in [0.25, 0.3) is 0 Å². The van der Waals surface area contributed by atoms with Crippen LogP contribution in [-0.4, -0.2) is 29.3 Å². The average Bonchev–Trinajstić information content (AvgIpc) is 2.42. The van der Waals surface area contributed by atoms with E-state index >= 15 is 0 Å². The van der Waals surface area contributed by atoms with Crippen LogP contribution in [0.15, 0.2) is 18.3 Å². The summed E-state index contributed by atoms with van der Waals surface area (Å²) in [5, 5.41) is 12.9. The van der Waals surface area contributed by atoms with Gasteiger partial charge in [0.2, 0.25) is 0 Å². The van der Waals surface area contributed by atoms with Gasteiger partial charge in [0, 0.05) is 24.8 Å². The van der Waals surface area contributed by atoms with E-state index in [-0.39, 0.29) is 6.61 Å². The van der Waals surface area contributed by atoms with Crippen LogP contribution in [0.4, 0.5) is 5.82 Å². The number of nitrogens with zero attached hydrogens (tertiary/aromatic N) is 1. The van der Waals surface area contributed by atoms with Crippen molar-refractivity contribution in [1.29, 1.82) is 0 Å². The molecule has 0 aliphatic heterocycles. The summed E-state index contributed by atoms with van der Waals surface area (Å²) < 4.78 is 5.56. The van der Waals surface area contributed by atoms with Gasteiger partial charge in [-0.2, -0.15) is 0 Å². The summed E-state index contributed by atoms with van der Waals surface area (Å²) in [4.78, 5) is 4.34. The van der Waals surface area contributed by atoms with Crippen LogP contribution >= 0.6 is 0 Å². The van der Waals surface area contributed by atoms with E-state index in [1.54, 1.807) is 6.20 Å². The Morgan fingerprint density at radius 1 is 1.44 bits per heavy atom. The van der Waals surface area contributed by atoms with Crippen molar-refractivity contribution in [1.82, 2.24) is 4.98 Å². The first-order valence-electron chi connectivity index (χ1n) is 6.80. The van der Waals surface area contributed by atoms with Gasteiger partial charge < -0.3 is 15.2 Å². The minimum absolute atomic E-state index is 0.245. The lowest BCUT2D eigenvalue weighted by Gasteiger charge is -2.31. The van der Waals surface area contributed by atoms with Crippen LogP contribution in [0.3, 0.4) is 0 Å². The normalized spacial score (nSPS) is 23.7. The Morgan fingerprint density at radius 2 is 2.28 bits per heavy atom. The lowest BCUT2D eigenvalue weighted by Crippen LogP contribution is -2.34. The maximum Gasteiger partial charge on any atom is 0.168 e. The van der Waals surface area contributed by atoms with Crippen molar-refractivity contribution in [3.8, 4) is 5.75 Å². The molecule has 2 unspecified atom stereocenters. The summed E-state index contributed by atoms with van der Waals surface area (Å²) in [6, 6.07) is 4.11. The molecule has 0 bridgehead atoms. The molecule has 4 heteroatoms. The predicted octanol–water partition coefficient (Wildman–Crippen LogP) is 2.44. The topological polar surface area (TPSA) is 54.4 Å². The molecule has 1 aliphatic rings. The molecule has 1 saturated carbocycles. The third-order valence-electron chi connectivity index (χ3n) is 3.54. The molecule has 100 valence electrons. The number of rotatable bonds is 5. The number of aromatic nitrogens is 1. The second-order valence-corrected chi connectivity index (χ2v) is 4.76. The fourth-order valence-corrected chi connectivity index (χ4v) is 2.56. The van der Waals surface area contributed by atoms with Gasteiger partial charge in [-0.15, -0.1) is 0 Å². The highest BCUT2D eigenvalue weighted by atomic mass is 16.5. The summed E-state index contributed by atoms with van der Waals surface area (Å²) in [7, 11) is 0. The molecule has 1 aliphatic carbocycles. The first-order chi connectivity index (χ1) is 8.85. The number of pyridine rings is 1. The molecule has 1 aromatic heterocycles. The fourth-order valence-electron chi connectivity index (χ4n) is 2.56. The van der Waals surface area contributed by atoms with Crippen molar-refractivity contribution in [2.45, 2.75) is 38.6 Å². The maximum atomic E-state index is 9.42. The van der Waals surface area contributed by atoms with Crippen molar-refractivity contribution < 1.29 is 9.84 Å². The number of anilines is 1. The molecule has 1 fully saturated rings. The van der Waals surface area contributed by atoms with E-state index in [0.29, 0.717) is 18.6 Å². The average molecular weight is 250 g/mol. The van der Waals surface area contributed by atoms with Crippen LogP contribution in [0, 0.1) is 5.92 Å². The van der Waals surface area contributed by atoms with E-state index in [1.165, 1.54) is 12.8 Å². The Morgan fingerprint density at radius 3 is 3.06 bits per heavy atom. The zero-order chi connectivity index (χ0) is 12.8. The maximum absolute atomic E-state index is 9.42. The summed E-state index contributed by atoms with van der Waals surface area (Å²) in [6.07, 6.45) is 6.37. The summed E-state index contributed by atoms with van der Waals surface area (Å²) >= 11 is 0. The third-order valence-corrected chi connectivity index (χ3v) is 3.54. The van der Waals surface area contributed by atoms with E-state index in [1.807, 2.05) is 19.1 Å². The lowest BCUT2D eigenvalue weighted by atomic mass is 9.85. The highest BCUT2D eigenvalue weighted by Crippen LogP contribution is 2.29. The van der Waals surface area contributed by atoms with Crippen LogP contribution in [-0.2, 0) is 0 Å². The van der Waals surface area contributed by atoms with Crippen molar-refractivity contribution in [3.63, 3.8) is 0 Å². The van der Waals surface area contributed by atoms with Crippen molar-refractivity contribution in [3.05, 3.63) is 18.3 Å². The van der Waals surface area contributed by atoms with E-state index in [9.17, 15) is 5.11 Å². The Kier molecular flexibility index (Phi) is 4.81. The number of hydrogen-bond donors (Lipinski definition) is 2. The molecule has 2 atom stereocenters. The van der Waals surface area contributed by atoms with Crippen molar-refractivity contribution in [2.24, 2.45) is 5.92 Å². The van der Waals surface area contributed by atoms with Gasteiger partial charge >= 0.3 is 0 Å². The van der Waals surface area contributed by atoms with Gasteiger partial charge in [-0.3, -0.25) is 0 Å². The number of ether oxygens (including phenoxy) is 1. The van der Waals surface area contributed by atoms with Crippen LogP contribution in [0.1, 0.15) is 32.6 Å².